The lowest BCUT2D eigenvalue weighted by Crippen LogP contribution is -2.48. The Hall–Kier alpha value is -2.08. The first kappa shape index (κ1) is 18.7. The zero-order valence-corrected chi connectivity index (χ0v) is 16.3. The minimum absolute atomic E-state index is 0.0878. The fourth-order valence-electron chi connectivity index (χ4n) is 3.26. The monoisotopic (exact) mass is 379 g/mol. The van der Waals surface area contributed by atoms with Crippen LogP contribution in [0.3, 0.4) is 0 Å². The van der Waals surface area contributed by atoms with Gasteiger partial charge in [-0.3, -0.25) is 9.58 Å². The molecule has 0 N–H and O–H groups in total. The van der Waals surface area contributed by atoms with Gasteiger partial charge in [0.15, 0.2) is 0 Å². The molecule has 2 atom stereocenters. The van der Waals surface area contributed by atoms with Crippen molar-refractivity contribution in [1.29, 1.82) is 0 Å². The first-order chi connectivity index (χ1) is 12.1. The van der Waals surface area contributed by atoms with Crippen LogP contribution in [-0.4, -0.2) is 32.4 Å². The molecule has 1 aliphatic rings. The highest BCUT2D eigenvalue weighted by molar-refractivity contribution is 6.30. The van der Waals surface area contributed by atoms with Gasteiger partial charge in [-0.15, -0.1) is 0 Å². The fraction of sp³-hybridized carbons (Fsp3) is 0.474. The first-order valence-corrected chi connectivity index (χ1v) is 8.99. The van der Waals surface area contributed by atoms with E-state index in [9.17, 15) is 9.18 Å². The van der Waals surface area contributed by atoms with Gasteiger partial charge >= 0.3 is 6.09 Å². The number of carbonyl (C=O) groups is 1. The van der Waals surface area contributed by atoms with Crippen LogP contribution >= 0.6 is 11.6 Å². The molecule has 0 saturated heterocycles. The van der Waals surface area contributed by atoms with Crippen LogP contribution in [0.4, 0.5) is 9.18 Å². The van der Waals surface area contributed by atoms with Crippen LogP contribution in [0.1, 0.15) is 46.4 Å². The van der Waals surface area contributed by atoms with Crippen molar-refractivity contribution >= 4 is 17.7 Å². The van der Waals surface area contributed by atoms with Gasteiger partial charge in [0.1, 0.15) is 11.4 Å². The van der Waals surface area contributed by atoms with Gasteiger partial charge < -0.3 is 4.74 Å². The Kier molecular flexibility index (Phi) is 4.73. The minimum atomic E-state index is -0.564. The standard InChI is InChI=1S/C19H23ClFN3O2/c1-11-10-23-17(12(2)24(11)18(25)26-19(3,4)5)9-16(22-23)14-7-6-13(20)8-15(14)21/h6-9,11-12H,10H2,1-5H3/t11-,12-/m1/s1. The Morgan fingerprint density at radius 1 is 1.31 bits per heavy atom. The summed E-state index contributed by atoms with van der Waals surface area (Å²) in [6, 6.07) is 6.03. The van der Waals surface area contributed by atoms with Crippen molar-refractivity contribution in [2.24, 2.45) is 0 Å². The number of ether oxygens (including phenoxy) is 1. The molecule has 5 nitrogen and oxygen atoms in total. The summed E-state index contributed by atoms with van der Waals surface area (Å²) >= 11 is 5.83. The van der Waals surface area contributed by atoms with Crippen molar-refractivity contribution in [2.75, 3.05) is 0 Å². The third-order valence-corrected chi connectivity index (χ3v) is 4.61. The first-order valence-electron chi connectivity index (χ1n) is 8.61. The maximum Gasteiger partial charge on any atom is 0.411 e. The van der Waals surface area contributed by atoms with Crippen molar-refractivity contribution in [3.63, 3.8) is 0 Å². The van der Waals surface area contributed by atoms with Crippen molar-refractivity contribution in [3.05, 3.63) is 40.8 Å². The molecule has 3 rings (SSSR count). The molecule has 0 saturated carbocycles. The highest BCUT2D eigenvalue weighted by Gasteiger charge is 2.36. The van der Waals surface area contributed by atoms with E-state index in [-0.39, 0.29) is 18.2 Å². The predicted molar refractivity (Wildman–Crippen MR) is 98.6 cm³/mol. The van der Waals surface area contributed by atoms with E-state index in [1.807, 2.05) is 45.4 Å². The SMILES string of the molecule is C[C@@H]1Cn2nc(-c3ccc(Cl)cc3F)cc2[C@@H](C)N1C(=O)OC(C)(C)C. The average Bonchev–Trinajstić information content (AvgIpc) is 2.89. The number of carbonyl (C=O) groups excluding carboxylic acids is 1. The van der Waals surface area contributed by atoms with E-state index >= 15 is 0 Å². The Labute approximate surface area is 157 Å². The topological polar surface area (TPSA) is 47.4 Å². The summed E-state index contributed by atoms with van der Waals surface area (Å²) in [4.78, 5) is 14.3. The second kappa shape index (κ2) is 6.58. The lowest BCUT2D eigenvalue weighted by Gasteiger charge is -2.39. The number of nitrogens with zero attached hydrogens (tertiary/aromatic N) is 3. The Morgan fingerprint density at radius 3 is 2.62 bits per heavy atom. The molecule has 0 unspecified atom stereocenters. The van der Waals surface area contributed by atoms with Crippen LogP contribution in [0, 0.1) is 5.82 Å². The molecule has 1 aromatic heterocycles. The van der Waals surface area contributed by atoms with Crippen molar-refractivity contribution in [1.82, 2.24) is 14.7 Å². The van der Waals surface area contributed by atoms with Crippen molar-refractivity contribution in [3.8, 4) is 11.3 Å². The zero-order valence-electron chi connectivity index (χ0n) is 15.6. The highest BCUT2D eigenvalue weighted by Crippen LogP contribution is 2.34. The molecule has 0 fully saturated rings. The second-order valence-electron chi connectivity index (χ2n) is 7.67. The number of aromatic nitrogens is 2. The summed E-state index contributed by atoms with van der Waals surface area (Å²) in [5, 5.41) is 4.88. The van der Waals surface area contributed by atoms with Crippen LogP contribution in [0.25, 0.3) is 11.3 Å². The Bertz CT molecular complexity index is 844. The minimum Gasteiger partial charge on any atom is -0.444 e. The van der Waals surface area contributed by atoms with Gasteiger partial charge in [0.2, 0.25) is 0 Å². The molecule has 0 radical (unpaired) electrons. The summed E-state index contributed by atoms with van der Waals surface area (Å²) in [5.41, 5.74) is 1.20. The molecule has 1 aromatic carbocycles. The third kappa shape index (κ3) is 3.56. The second-order valence-corrected chi connectivity index (χ2v) is 8.11. The van der Waals surface area contributed by atoms with Gasteiger partial charge in [0.25, 0.3) is 0 Å². The smallest absolute Gasteiger partial charge is 0.411 e. The maximum atomic E-state index is 14.2. The molecular formula is C19H23ClFN3O2. The van der Waals surface area contributed by atoms with Crippen LogP contribution in [0.15, 0.2) is 24.3 Å². The normalized spacial score (nSPS) is 20.0. The van der Waals surface area contributed by atoms with Crippen LogP contribution in [0.5, 0.6) is 0 Å². The number of halogens is 2. The molecule has 1 amide bonds. The molecule has 2 heterocycles. The van der Waals surface area contributed by atoms with Gasteiger partial charge in [-0.1, -0.05) is 11.6 Å². The van der Waals surface area contributed by atoms with Crippen molar-refractivity contribution < 1.29 is 13.9 Å². The predicted octanol–water partition coefficient (Wildman–Crippen LogP) is 5.04. The quantitative estimate of drug-likeness (QED) is 0.697. The molecule has 26 heavy (non-hydrogen) atoms. The molecular weight excluding hydrogens is 357 g/mol. The Balaban J connectivity index is 1.94. The largest absolute Gasteiger partial charge is 0.444 e. The molecule has 1 aliphatic heterocycles. The summed E-state index contributed by atoms with van der Waals surface area (Å²) < 4.78 is 21.6. The average molecular weight is 380 g/mol. The van der Waals surface area contributed by atoms with E-state index in [1.165, 1.54) is 6.07 Å². The summed E-state index contributed by atoms with van der Waals surface area (Å²) in [6.07, 6.45) is -0.357. The van der Waals surface area contributed by atoms with E-state index in [4.69, 9.17) is 16.3 Å². The third-order valence-electron chi connectivity index (χ3n) is 4.38. The zero-order chi connectivity index (χ0) is 19.2. The molecule has 0 bridgehead atoms. The highest BCUT2D eigenvalue weighted by atomic mass is 35.5. The Morgan fingerprint density at radius 2 is 2.00 bits per heavy atom. The van der Waals surface area contributed by atoms with Gasteiger partial charge in [0, 0.05) is 10.6 Å². The van der Waals surface area contributed by atoms with Crippen LogP contribution < -0.4 is 0 Å². The summed E-state index contributed by atoms with van der Waals surface area (Å²) in [5.74, 6) is -0.419. The number of hydrogen-bond donors (Lipinski definition) is 0. The summed E-state index contributed by atoms with van der Waals surface area (Å²) in [7, 11) is 0. The van der Waals surface area contributed by atoms with Gasteiger partial charge in [-0.2, -0.15) is 5.10 Å². The molecule has 140 valence electrons. The van der Waals surface area contributed by atoms with E-state index in [2.05, 4.69) is 5.10 Å². The lowest BCUT2D eigenvalue weighted by molar-refractivity contribution is -0.000298. The molecule has 0 spiro atoms. The fourth-order valence-corrected chi connectivity index (χ4v) is 3.42. The van der Waals surface area contributed by atoms with Gasteiger partial charge in [0.05, 0.1) is 30.0 Å². The van der Waals surface area contributed by atoms with E-state index in [1.54, 1.807) is 17.0 Å². The molecule has 7 heteroatoms. The van der Waals surface area contributed by atoms with Crippen LogP contribution in [0.2, 0.25) is 5.02 Å². The van der Waals surface area contributed by atoms with Gasteiger partial charge in [-0.25, -0.2) is 9.18 Å². The maximum absolute atomic E-state index is 14.2. The number of fused-ring (bicyclic) bond motifs is 1. The van der Waals surface area contributed by atoms with E-state index in [0.717, 1.165) is 5.69 Å². The van der Waals surface area contributed by atoms with E-state index < -0.39 is 11.4 Å². The van der Waals surface area contributed by atoms with Crippen molar-refractivity contribution in [2.45, 2.75) is 58.8 Å². The molecule has 2 aromatic rings. The van der Waals surface area contributed by atoms with Gasteiger partial charge in [-0.05, 0) is 58.9 Å². The molecule has 0 aliphatic carbocycles. The number of rotatable bonds is 1. The number of benzene rings is 1. The number of hydrogen-bond acceptors (Lipinski definition) is 3. The summed E-state index contributed by atoms with van der Waals surface area (Å²) in [6.45, 7) is 9.93. The number of amides is 1. The lowest BCUT2D eigenvalue weighted by atomic mass is 10.1. The van der Waals surface area contributed by atoms with E-state index in [0.29, 0.717) is 22.8 Å². The van der Waals surface area contributed by atoms with Crippen LogP contribution in [-0.2, 0) is 11.3 Å².